The number of aryl methyl sites for hydroxylation is 1. The van der Waals surface area contributed by atoms with Gasteiger partial charge in [0.1, 0.15) is 0 Å². The van der Waals surface area contributed by atoms with Gasteiger partial charge in [0.2, 0.25) is 0 Å². The predicted molar refractivity (Wildman–Crippen MR) is 124 cm³/mol. The number of hydrogen-bond acceptors (Lipinski definition) is 3. The van der Waals surface area contributed by atoms with E-state index in [1.54, 1.807) is 0 Å². The van der Waals surface area contributed by atoms with E-state index >= 15 is 0 Å². The Kier molecular flexibility index (Phi) is 4.64. The second-order valence-electron chi connectivity index (χ2n) is 7.49. The summed E-state index contributed by atoms with van der Waals surface area (Å²) in [7, 11) is 0. The van der Waals surface area contributed by atoms with Gasteiger partial charge in [-0.2, -0.15) is 0 Å². The third kappa shape index (κ3) is 3.29. The number of thioether (sulfide) groups is 1. The van der Waals surface area contributed by atoms with Crippen molar-refractivity contribution in [2.24, 2.45) is 0 Å². The Morgan fingerprint density at radius 3 is 2.07 bits per heavy atom. The number of amides is 2. The van der Waals surface area contributed by atoms with Gasteiger partial charge in [-0.15, -0.1) is 0 Å². The highest BCUT2D eigenvalue weighted by Gasteiger charge is 2.35. The first-order valence-electron chi connectivity index (χ1n) is 9.81. The van der Waals surface area contributed by atoms with Crippen LogP contribution in [0.5, 0.6) is 0 Å². The molecule has 1 fully saturated rings. The van der Waals surface area contributed by atoms with Gasteiger partial charge in [0.15, 0.2) is 0 Å². The molecule has 1 saturated heterocycles. The molecule has 4 aromatic rings. The molecule has 0 saturated carbocycles. The van der Waals surface area contributed by atoms with Crippen molar-refractivity contribution in [2.75, 3.05) is 0 Å². The van der Waals surface area contributed by atoms with E-state index in [1.807, 2.05) is 61.5 Å². The summed E-state index contributed by atoms with van der Waals surface area (Å²) in [4.78, 5) is 27.5. The van der Waals surface area contributed by atoms with E-state index in [1.165, 1.54) is 4.90 Å². The van der Waals surface area contributed by atoms with E-state index in [4.69, 9.17) is 0 Å². The normalized spacial score (nSPS) is 15.6. The van der Waals surface area contributed by atoms with Gasteiger partial charge < -0.3 is 0 Å². The summed E-state index contributed by atoms with van der Waals surface area (Å²) in [6.45, 7) is 2.31. The molecule has 0 radical (unpaired) electrons. The molecule has 1 heterocycles. The number of imide groups is 1. The highest BCUT2D eigenvalue weighted by atomic mass is 32.2. The number of hydrogen-bond donors (Lipinski definition) is 0. The van der Waals surface area contributed by atoms with Gasteiger partial charge in [0.25, 0.3) is 11.1 Å². The number of fused-ring (bicyclic) bond motifs is 2. The minimum atomic E-state index is -0.234. The van der Waals surface area contributed by atoms with E-state index in [0.29, 0.717) is 11.4 Å². The first kappa shape index (κ1) is 18.6. The highest BCUT2D eigenvalue weighted by Crippen LogP contribution is 2.37. The third-order valence-corrected chi connectivity index (χ3v) is 6.33. The van der Waals surface area contributed by atoms with Crippen molar-refractivity contribution in [1.29, 1.82) is 0 Å². The predicted octanol–water partition coefficient (Wildman–Crippen LogP) is 6.54. The fourth-order valence-electron chi connectivity index (χ4n) is 3.85. The summed E-state index contributed by atoms with van der Waals surface area (Å²) in [5.41, 5.74) is 3.07. The summed E-state index contributed by atoms with van der Waals surface area (Å²) in [5.74, 6) is -0.234. The first-order valence-corrected chi connectivity index (χ1v) is 10.6. The number of carbonyl (C=O) groups excluding carboxylic acids is 2. The van der Waals surface area contributed by atoms with Gasteiger partial charge in [-0.25, -0.2) is 0 Å². The number of nitrogens with zero attached hydrogens (tertiary/aromatic N) is 1. The average molecular weight is 410 g/mol. The van der Waals surface area contributed by atoms with E-state index < -0.39 is 0 Å². The minimum absolute atomic E-state index is 0.226. The Labute approximate surface area is 179 Å². The van der Waals surface area contributed by atoms with Gasteiger partial charge in [-0.3, -0.25) is 14.5 Å². The Balaban J connectivity index is 1.58. The first-order chi connectivity index (χ1) is 14.6. The van der Waals surface area contributed by atoms with Crippen LogP contribution in [-0.2, 0) is 11.3 Å². The largest absolute Gasteiger partial charge is 0.293 e. The fourth-order valence-corrected chi connectivity index (χ4v) is 4.67. The van der Waals surface area contributed by atoms with Crippen LogP contribution in [0.3, 0.4) is 0 Å². The van der Waals surface area contributed by atoms with Crippen LogP contribution in [0.15, 0.2) is 83.8 Å². The van der Waals surface area contributed by atoms with E-state index in [2.05, 4.69) is 30.3 Å². The number of carbonyl (C=O) groups is 2. The zero-order valence-electron chi connectivity index (χ0n) is 16.5. The van der Waals surface area contributed by atoms with Crippen molar-refractivity contribution in [1.82, 2.24) is 4.90 Å². The topological polar surface area (TPSA) is 37.4 Å². The van der Waals surface area contributed by atoms with Gasteiger partial charge >= 0.3 is 0 Å². The van der Waals surface area contributed by atoms with Crippen LogP contribution in [0.2, 0.25) is 0 Å². The van der Waals surface area contributed by atoms with Gasteiger partial charge in [-0.05, 0) is 63.5 Å². The Bertz CT molecular complexity index is 1280. The molecule has 146 valence electrons. The van der Waals surface area contributed by atoms with Gasteiger partial charge in [0.05, 0.1) is 11.4 Å². The number of rotatable bonds is 3. The van der Waals surface area contributed by atoms with Crippen LogP contribution in [0.25, 0.3) is 27.6 Å². The summed E-state index contributed by atoms with van der Waals surface area (Å²) in [6, 6.07) is 26.3. The molecule has 4 aromatic carbocycles. The van der Waals surface area contributed by atoms with Crippen LogP contribution >= 0.6 is 11.8 Å². The van der Waals surface area contributed by atoms with E-state index in [-0.39, 0.29) is 11.1 Å². The van der Waals surface area contributed by atoms with Gasteiger partial charge in [0, 0.05) is 0 Å². The lowest BCUT2D eigenvalue weighted by atomic mass is 9.96. The second-order valence-corrected chi connectivity index (χ2v) is 8.48. The Morgan fingerprint density at radius 1 is 0.833 bits per heavy atom. The summed E-state index contributed by atoms with van der Waals surface area (Å²) in [5, 5.41) is 4.14. The SMILES string of the molecule is Cc1ccc(CN2C(=O)S/C(=C\c3c4ccccc4cc4ccccc34)C2=O)cc1. The molecule has 0 aromatic heterocycles. The molecule has 3 nitrogen and oxygen atoms in total. The monoisotopic (exact) mass is 409 g/mol. The van der Waals surface area contributed by atoms with E-state index in [9.17, 15) is 9.59 Å². The lowest BCUT2D eigenvalue weighted by Crippen LogP contribution is -2.27. The molecule has 0 N–H and O–H groups in total. The molecule has 30 heavy (non-hydrogen) atoms. The van der Waals surface area contributed by atoms with Crippen molar-refractivity contribution in [3.8, 4) is 0 Å². The maximum Gasteiger partial charge on any atom is 0.293 e. The van der Waals surface area contributed by atoms with Crippen molar-refractivity contribution in [2.45, 2.75) is 13.5 Å². The second kappa shape index (κ2) is 7.47. The van der Waals surface area contributed by atoms with Crippen molar-refractivity contribution in [3.63, 3.8) is 0 Å². The van der Waals surface area contributed by atoms with Crippen LogP contribution in [0.1, 0.15) is 16.7 Å². The van der Waals surface area contributed by atoms with Crippen LogP contribution < -0.4 is 0 Å². The molecule has 1 aliphatic heterocycles. The Hall–Kier alpha value is -3.37. The highest BCUT2D eigenvalue weighted by molar-refractivity contribution is 8.18. The van der Waals surface area contributed by atoms with Crippen LogP contribution in [-0.4, -0.2) is 16.0 Å². The average Bonchev–Trinajstić information content (AvgIpc) is 3.02. The zero-order valence-corrected chi connectivity index (χ0v) is 17.3. The maximum absolute atomic E-state index is 13.1. The molecule has 0 spiro atoms. The maximum atomic E-state index is 13.1. The molecule has 0 aliphatic carbocycles. The molecule has 0 bridgehead atoms. The Morgan fingerprint density at radius 2 is 1.43 bits per heavy atom. The molecule has 0 atom stereocenters. The lowest BCUT2D eigenvalue weighted by Gasteiger charge is -2.12. The molecular formula is C26H19NO2S. The zero-order chi connectivity index (χ0) is 20.7. The molecule has 5 rings (SSSR count). The van der Waals surface area contributed by atoms with Crippen LogP contribution in [0, 0.1) is 6.92 Å². The molecule has 2 amide bonds. The molecule has 1 aliphatic rings. The molecular weight excluding hydrogens is 390 g/mol. The summed E-state index contributed by atoms with van der Waals surface area (Å²) in [6.07, 6.45) is 1.88. The third-order valence-electron chi connectivity index (χ3n) is 5.42. The molecule has 0 unspecified atom stereocenters. The van der Waals surface area contributed by atoms with E-state index in [0.717, 1.165) is 50.0 Å². The fraction of sp³-hybridized carbons (Fsp3) is 0.0769. The van der Waals surface area contributed by atoms with Crippen molar-refractivity contribution in [3.05, 3.63) is 100 Å². The van der Waals surface area contributed by atoms with Crippen LogP contribution in [0.4, 0.5) is 4.79 Å². The quantitative estimate of drug-likeness (QED) is 0.285. The summed E-state index contributed by atoms with van der Waals surface area (Å²) < 4.78 is 0. The van der Waals surface area contributed by atoms with Crippen molar-refractivity contribution >= 4 is 50.5 Å². The van der Waals surface area contributed by atoms with Gasteiger partial charge in [-0.1, -0.05) is 78.4 Å². The minimum Gasteiger partial charge on any atom is -0.268 e. The summed E-state index contributed by atoms with van der Waals surface area (Å²) >= 11 is 1.01. The number of benzene rings is 4. The molecule has 4 heteroatoms. The standard InChI is InChI=1S/C26H19NO2S/c1-17-10-12-18(13-11-17)16-27-25(28)24(30-26(27)29)15-23-21-8-4-2-6-19(21)14-20-7-3-5-9-22(20)23/h2-15H,16H2,1H3/b24-15-. The lowest BCUT2D eigenvalue weighted by molar-refractivity contribution is -0.123. The smallest absolute Gasteiger partial charge is 0.268 e. The van der Waals surface area contributed by atoms with Crippen molar-refractivity contribution < 1.29 is 9.59 Å².